The van der Waals surface area contributed by atoms with Crippen molar-refractivity contribution >= 4 is 40.9 Å². The molecule has 0 bridgehead atoms. The maximum Gasteiger partial charge on any atom is 0.241 e. The Morgan fingerprint density at radius 2 is 1.88 bits per heavy atom. The number of carbonyl (C=O) groups is 1. The molecule has 2 heterocycles. The lowest BCUT2D eigenvalue weighted by molar-refractivity contribution is -0.126. The lowest BCUT2D eigenvalue weighted by atomic mass is 9.96. The number of carbonyl (C=O) groups excluding carboxylic acids is 1. The molecule has 0 spiro atoms. The first-order valence-electron chi connectivity index (χ1n) is 11.0. The van der Waals surface area contributed by atoms with E-state index in [1.165, 1.54) is 4.90 Å². The van der Waals surface area contributed by atoms with Crippen LogP contribution >= 0.6 is 35.0 Å². The average molecular weight is 505 g/mol. The molecule has 1 aromatic heterocycles. The SMILES string of the molecule is O=C(NCCCSc1ccc(Cl)cc1)C1CCN(Cc2nc(-c3ccccc3Cl)no2)CC1. The zero-order valence-corrected chi connectivity index (χ0v) is 20.5. The van der Waals surface area contributed by atoms with Gasteiger partial charge in [0.2, 0.25) is 17.6 Å². The number of likely N-dealkylation sites (tertiary alicyclic amines) is 1. The molecule has 1 aliphatic rings. The van der Waals surface area contributed by atoms with Crippen molar-refractivity contribution < 1.29 is 9.32 Å². The van der Waals surface area contributed by atoms with E-state index in [0.717, 1.165) is 48.7 Å². The minimum absolute atomic E-state index is 0.0616. The largest absolute Gasteiger partial charge is 0.356 e. The van der Waals surface area contributed by atoms with Crippen molar-refractivity contribution in [1.82, 2.24) is 20.4 Å². The fourth-order valence-electron chi connectivity index (χ4n) is 3.76. The van der Waals surface area contributed by atoms with Crippen molar-refractivity contribution in [1.29, 1.82) is 0 Å². The predicted molar refractivity (Wildman–Crippen MR) is 133 cm³/mol. The Hall–Kier alpha value is -2.06. The van der Waals surface area contributed by atoms with Gasteiger partial charge in [0.1, 0.15) is 0 Å². The molecular weight excluding hydrogens is 479 g/mol. The fraction of sp³-hybridized carbons (Fsp3) is 0.375. The number of benzene rings is 2. The molecule has 0 unspecified atom stereocenters. The van der Waals surface area contributed by atoms with Crippen LogP contribution in [0.5, 0.6) is 0 Å². The summed E-state index contributed by atoms with van der Waals surface area (Å²) in [6.07, 6.45) is 2.59. The molecule has 33 heavy (non-hydrogen) atoms. The summed E-state index contributed by atoms with van der Waals surface area (Å²) in [5.74, 6) is 2.24. The van der Waals surface area contributed by atoms with Gasteiger partial charge in [-0.25, -0.2) is 0 Å². The number of amides is 1. The van der Waals surface area contributed by atoms with Crippen LogP contribution in [0, 0.1) is 5.92 Å². The van der Waals surface area contributed by atoms with Gasteiger partial charge >= 0.3 is 0 Å². The van der Waals surface area contributed by atoms with Crippen LogP contribution in [0.3, 0.4) is 0 Å². The van der Waals surface area contributed by atoms with Crippen LogP contribution in [0.1, 0.15) is 25.2 Å². The minimum Gasteiger partial charge on any atom is -0.356 e. The Kier molecular flexibility index (Phi) is 8.67. The Morgan fingerprint density at radius 1 is 1.12 bits per heavy atom. The van der Waals surface area contributed by atoms with E-state index in [4.69, 9.17) is 27.7 Å². The van der Waals surface area contributed by atoms with Gasteiger partial charge in [-0.3, -0.25) is 9.69 Å². The summed E-state index contributed by atoms with van der Waals surface area (Å²) in [4.78, 5) is 20.4. The Bertz CT molecular complexity index is 1050. The Labute approximate surface area is 208 Å². The number of nitrogens with zero attached hydrogens (tertiary/aromatic N) is 3. The van der Waals surface area contributed by atoms with Gasteiger partial charge in [0.15, 0.2) is 0 Å². The number of aromatic nitrogens is 2. The summed E-state index contributed by atoms with van der Waals surface area (Å²) in [6.45, 7) is 2.93. The maximum atomic E-state index is 12.5. The van der Waals surface area contributed by atoms with E-state index in [1.54, 1.807) is 17.8 Å². The van der Waals surface area contributed by atoms with Crippen molar-refractivity contribution in [3.8, 4) is 11.4 Å². The highest BCUT2D eigenvalue weighted by molar-refractivity contribution is 7.99. The highest BCUT2D eigenvalue weighted by atomic mass is 35.5. The third kappa shape index (κ3) is 6.96. The lowest BCUT2D eigenvalue weighted by Gasteiger charge is -2.30. The molecule has 1 N–H and O–H groups in total. The number of rotatable bonds is 9. The molecule has 0 radical (unpaired) electrons. The summed E-state index contributed by atoms with van der Waals surface area (Å²) in [5, 5.41) is 8.50. The second-order valence-corrected chi connectivity index (χ2v) is 10.0. The zero-order chi connectivity index (χ0) is 23.0. The van der Waals surface area contributed by atoms with Gasteiger partial charge < -0.3 is 9.84 Å². The van der Waals surface area contributed by atoms with Crippen molar-refractivity contribution in [3.05, 3.63) is 64.5 Å². The molecule has 0 aliphatic carbocycles. The smallest absolute Gasteiger partial charge is 0.241 e. The van der Waals surface area contributed by atoms with Gasteiger partial charge in [-0.2, -0.15) is 4.98 Å². The number of hydrogen-bond acceptors (Lipinski definition) is 6. The average Bonchev–Trinajstić information content (AvgIpc) is 3.29. The first-order chi connectivity index (χ1) is 16.1. The minimum atomic E-state index is 0.0616. The molecule has 4 rings (SSSR count). The van der Waals surface area contributed by atoms with Crippen molar-refractivity contribution in [3.63, 3.8) is 0 Å². The van der Waals surface area contributed by atoms with Crippen LogP contribution in [0.15, 0.2) is 57.9 Å². The molecule has 1 amide bonds. The molecule has 1 aliphatic heterocycles. The number of piperidine rings is 1. The van der Waals surface area contributed by atoms with Crippen LogP contribution in [0.2, 0.25) is 10.0 Å². The highest BCUT2D eigenvalue weighted by Crippen LogP contribution is 2.26. The molecule has 0 saturated carbocycles. The highest BCUT2D eigenvalue weighted by Gasteiger charge is 2.26. The van der Waals surface area contributed by atoms with Crippen LogP contribution in [0.4, 0.5) is 0 Å². The summed E-state index contributed by atoms with van der Waals surface area (Å²) >= 11 is 13.9. The van der Waals surface area contributed by atoms with E-state index >= 15 is 0 Å². The van der Waals surface area contributed by atoms with Crippen LogP contribution < -0.4 is 5.32 Å². The van der Waals surface area contributed by atoms with Gasteiger partial charge in [-0.05, 0) is 74.5 Å². The van der Waals surface area contributed by atoms with E-state index in [9.17, 15) is 4.79 Å². The van der Waals surface area contributed by atoms with E-state index < -0.39 is 0 Å². The van der Waals surface area contributed by atoms with Gasteiger partial charge in [-0.15, -0.1) is 11.8 Å². The predicted octanol–water partition coefficient (Wildman–Crippen LogP) is 5.55. The molecule has 0 atom stereocenters. The van der Waals surface area contributed by atoms with Gasteiger partial charge in [0, 0.05) is 27.9 Å². The Balaban J connectivity index is 1.14. The van der Waals surface area contributed by atoms with E-state index in [1.807, 2.05) is 42.5 Å². The molecule has 6 nitrogen and oxygen atoms in total. The summed E-state index contributed by atoms with van der Waals surface area (Å²) < 4.78 is 5.42. The molecular formula is C24H26Cl2N4O2S. The normalized spacial score (nSPS) is 15.0. The van der Waals surface area contributed by atoms with Crippen molar-refractivity contribution in [2.45, 2.75) is 30.7 Å². The monoisotopic (exact) mass is 504 g/mol. The number of thioether (sulfide) groups is 1. The second kappa shape index (κ2) is 11.9. The van der Waals surface area contributed by atoms with E-state index in [2.05, 4.69) is 20.4 Å². The molecule has 1 fully saturated rings. The van der Waals surface area contributed by atoms with Crippen LogP contribution in [-0.4, -0.2) is 46.3 Å². The summed E-state index contributed by atoms with van der Waals surface area (Å²) in [6, 6.07) is 15.3. The third-order valence-corrected chi connectivity index (χ3v) is 7.28. The standard InChI is InChI=1S/C24H26Cl2N4O2S/c25-18-6-8-19(9-7-18)33-15-3-12-27-24(31)17-10-13-30(14-11-17)16-22-28-23(29-32-22)20-4-1-2-5-21(20)26/h1-2,4-9,17H,3,10-16H2,(H,27,31). The Morgan fingerprint density at radius 3 is 2.64 bits per heavy atom. The second-order valence-electron chi connectivity index (χ2n) is 7.99. The van der Waals surface area contributed by atoms with Crippen LogP contribution in [-0.2, 0) is 11.3 Å². The first kappa shape index (κ1) is 24.1. The molecule has 1 saturated heterocycles. The van der Waals surface area contributed by atoms with Crippen molar-refractivity contribution in [2.75, 3.05) is 25.4 Å². The number of hydrogen-bond donors (Lipinski definition) is 1. The maximum absolute atomic E-state index is 12.5. The topological polar surface area (TPSA) is 71.3 Å². The third-order valence-electron chi connectivity index (χ3n) is 5.60. The molecule has 2 aromatic carbocycles. The lowest BCUT2D eigenvalue weighted by Crippen LogP contribution is -2.40. The summed E-state index contributed by atoms with van der Waals surface area (Å²) in [7, 11) is 0. The quantitative estimate of drug-likeness (QED) is 0.304. The first-order valence-corrected chi connectivity index (χ1v) is 12.8. The van der Waals surface area contributed by atoms with E-state index in [-0.39, 0.29) is 11.8 Å². The van der Waals surface area contributed by atoms with Gasteiger partial charge in [0.05, 0.1) is 11.6 Å². The summed E-state index contributed by atoms with van der Waals surface area (Å²) in [5.41, 5.74) is 0.760. The number of nitrogens with one attached hydrogen (secondary N) is 1. The van der Waals surface area contributed by atoms with Gasteiger partial charge in [-0.1, -0.05) is 40.5 Å². The number of halogens is 2. The van der Waals surface area contributed by atoms with Gasteiger partial charge in [0.25, 0.3) is 0 Å². The molecule has 9 heteroatoms. The van der Waals surface area contributed by atoms with Crippen LogP contribution in [0.25, 0.3) is 11.4 Å². The van der Waals surface area contributed by atoms with Crippen molar-refractivity contribution in [2.24, 2.45) is 5.92 Å². The van der Waals surface area contributed by atoms with E-state index in [0.29, 0.717) is 29.8 Å². The zero-order valence-electron chi connectivity index (χ0n) is 18.2. The molecule has 3 aromatic rings. The fourth-order valence-corrected chi connectivity index (χ4v) is 4.96. The molecule has 174 valence electrons.